The van der Waals surface area contributed by atoms with Crippen LogP contribution in [0, 0.1) is 46.3 Å². The van der Waals surface area contributed by atoms with Gasteiger partial charge in [-0.05, 0) is 78.6 Å². The summed E-state index contributed by atoms with van der Waals surface area (Å²) in [6.07, 6.45) is 10.5. The molecule has 0 aromatic carbocycles. The quantitative estimate of drug-likeness (QED) is 0.529. The Hall–Kier alpha value is -0.380. The van der Waals surface area contributed by atoms with Crippen LogP contribution in [-0.4, -0.2) is 33.6 Å². The lowest BCUT2D eigenvalue weighted by Gasteiger charge is -2.60. The summed E-state index contributed by atoms with van der Waals surface area (Å²) in [6, 6.07) is 0. The Labute approximate surface area is 184 Å². The summed E-state index contributed by atoms with van der Waals surface area (Å²) in [5, 5.41) is 32.0. The van der Waals surface area contributed by atoms with Crippen molar-refractivity contribution in [2.45, 2.75) is 111 Å². The van der Waals surface area contributed by atoms with Gasteiger partial charge in [0.05, 0.1) is 12.2 Å². The molecule has 4 aliphatic carbocycles. The molecule has 0 heterocycles. The van der Waals surface area contributed by atoms with Crippen LogP contribution in [0.5, 0.6) is 0 Å². The van der Waals surface area contributed by atoms with Crippen LogP contribution >= 0.6 is 0 Å². The molecule has 0 saturated heterocycles. The summed E-state index contributed by atoms with van der Waals surface area (Å²) in [7, 11) is 0. The van der Waals surface area contributed by atoms with Crippen LogP contribution in [0.3, 0.4) is 0 Å². The van der Waals surface area contributed by atoms with Crippen LogP contribution in [0.2, 0.25) is 0 Å². The minimum Gasteiger partial charge on any atom is -0.392 e. The predicted octanol–water partition coefficient (Wildman–Crippen LogP) is 5.33. The fraction of sp³-hybridized carbons (Fsp3) is 0.926. The van der Waals surface area contributed by atoms with E-state index in [1.54, 1.807) is 0 Å². The molecular formula is C27H46O3. The number of hydrogen-bond donors (Lipinski definition) is 3. The number of rotatable bonds is 5. The summed E-state index contributed by atoms with van der Waals surface area (Å²) < 4.78 is 0. The molecule has 3 fully saturated rings. The van der Waals surface area contributed by atoms with E-state index in [1.165, 1.54) is 38.5 Å². The van der Waals surface area contributed by atoms with E-state index in [1.807, 2.05) is 0 Å². The van der Waals surface area contributed by atoms with Gasteiger partial charge < -0.3 is 15.3 Å². The second-order valence-electron chi connectivity index (χ2n) is 12.3. The van der Waals surface area contributed by atoms with Gasteiger partial charge in [0, 0.05) is 11.8 Å². The number of hydrogen-bond acceptors (Lipinski definition) is 3. The van der Waals surface area contributed by atoms with Gasteiger partial charge in [-0.2, -0.15) is 0 Å². The lowest BCUT2D eigenvalue weighted by atomic mass is 9.46. The zero-order chi connectivity index (χ0) is 21.8. The van der Waals surface area contributed by atoms with E-state index in [0.29, 0.717) is 23.7 Å². The van der Waals surface area contributed by atoms with Crippen LogP contribution in [-0.2, 0) is 0 Å². The van der Waals surface area contributed by atoms with Crippen molar-refractivity contribution < 1.29 is 15.3 Å². The lowest BCUT2D eigenvalue weighted by Crippen LogP contribution is -2.59. The minimum absolute atomic E-state index is 0.301. The maximum absolute atomic E-state index is 11.1. The molecule has 3 N–H and O–H groups in total. The Bertz CT molecular complexity index is 656. The van der Waals surface area contributed by atoms with Gasteiger partial charge in [-0.15, -0.1) is 0 Å². The molecule has 0 radical (unpaired) electrons. The third kappa shape index (κ3) is 3.42. The predicted molar refractivity (Wildman–Crippen MR) is 122 cm³/mol. The molecule has 3 nitrogen and oxygen atoms in total. The molecule has 4 aliphatic rings. The van der Waals surface area contributed by atoms with E-state index < -0.39 is 18.3 Å². The average molecular weight is 419 g/mol. The van der Waals surface area contributed by atoms with Crippen molar-refractivity contribution in [2.75, 3.05) is 0 Å². The van der Waals surface area contributed by atoms with Gasteiger partial charge in [-0.25, -0.2) is 0 Å². The Kier molecular flexibility index (Phi) is 6.23. The van der Waals surface area contributed by atoms with Gasteiger partial charge >= 0.3 is 0 Å². The number of allylic oxidation sites excluding steroid dienone is 1. The Morgan fingerprint density at radius 3 is 2.43 bits per heavy atom. The maximum Gasteiger partial charge on any atom is 0.102 e. The average Bonchev–Trinajstić information content (AvgIpc) is 3.03. The summed E-state index contributed by atoms with van der Waals surface area (Å²) in [6.45, 7) is 11.9. The third-order valence-electron chi connectivity index (χ3n) is 10.5. The zero-order valence-corrected chi connectivity index (χ0v) is 20.0. The fourth-order valence-electron chi connectivity index (χ4n) is 8.77. The monoisotopic (exact) mass is 418 g/mol. The summed E-state index contributed by atoms with van der Waals surface area (Å²) in [5.74, 6) is 4.22. The molecule has 3 saturated carbocycles. The Morgan fingerprint density at radius 2 is 1.73 bits per heavy atom. The minimum atomic E-state index is -0.827. The van der Waals surface area contributed by atoms with Gasteiger partial charge in [0.15, 0.2) is 0 Å². The molecule has 0 spiro atoms. The molecule has 3 heteroatoms. The normalized spacial score (nSPS) is 49.2. The van der Waals surface area contributed by atoms with Crippen molar-refractivity contribution in [1.29, 1.82) is 0 Å². The molecule has 0 bridgehead atoms. The van der Waals surface area contributed by atoms with E-state index in [9.17, 15) is 15.3 Å². The third-order valence-corrected chi connectivity index (χ3v) is 10.5. The van der Waals surface area contributed by atoms with E-state index in [4.69, 9.17) is 0 Å². The standard InChI is InChI=1S/C27H46O3/c1-16(2)7-6-8-17(3)19-11-12-20-18-9-10-22-25(30)23(28)15-24(29)27(22,5)21(18)13-14-26(19,20)4/h10,16-21,23-25,28-30H,6-9,11-15H2,1-5H3/t17-,18+,19-,20+,21+,23+,24+,25+,26-,27-/m1/s1. The fourth-order valence-corrected chi connectivity index (χ4v) is 8.77. The molecule has 10 atom stereocenters. The van der Waals surface area contributed by atoms with Crippen molar-refractivity contribution in [2.24, 2.45) is 46.3 Å². The summed E-state index contributed by atoms with van der Waals surface area (Å²) in [5.41, 5.74) is 0.983. The SMILES string of the molecule is CC(C)CCC[C@@H](C)[C@H]1CC[C@H]2[C@@H]3CC=C4[C@H](O)[C@@H](O)C[C@H](O)[C@]4(C)[C@H]3CC[C@]12C. The molecule has 0 unspecified atom stereocenters. The van der Waals surface area contributed by atoms with E-state index >= 15 is 0 Å². The Balaban J connectivity index is 1.54. The van der Waals surface area contributed by atoms with Crippen LogP contribution in [0.4, 0.5) is 0 Å². The van der Waals surface area contributed by atoms with Crippen LogP contribution in [0.25, 0.3) is 0 Å². The summed E-state index contributed by atoms with van der Waals surface area (Å²) >= 11 is 0. The van der Waals surface area contributed by atoms with Gasteiger partial charge in [0.25, 0.3) is 0 Å². The number of fused-ring (bicyclic) bond motifs is 5. The van der Waals surface area contributed by atoms with Gasteiger partial charge in [0.1, 0.15) is 6.10 Å². The smallest absolute Gasteiger partial charge is 0.102 e. The Morgan fingerprint density at radius 1 is 1.00 bits per heavy atom. The highest BCUT2D eigenvalue weighted by atomic mass is 16.3. The molecule has 172 valence electrons. The van der Waals surface area contributed by atoms with Gasteiger partial charge in [0.2, 0.25) is 0 Å². The van der Waals surface area contributed by atoms with Crippen molar-refractivity contribution in [1.82, 2.24) is 0 Å². The highest BCUT2D eigenvalue weighted by Crippen LogP contribution is 2.67. The highest BCUT2D eigenvalue weighted by molar-refractivity contribution is 5.31. The van der Waals surface area contributed by atoms with Gasteiger partial charge in [-0.3, -0.25) is 0 Å². The molecule has 4 rings (SSSR count). The zero-order valence-electron chi connectivity index (χ0n) is 20.0. The first-order valence-corrected chi connectivity index (χ1v) is 12.8. The van der Waals surface area contributed by atoms with Crippen LogP contribution in [0.15, 0.2) is 11.6 Å². The van der Waals surface area contributed by atoms with Crippen LogP contribution < -0.4 is 0 Å². The topological polar surface area (TPSA) is 60.7 Å². The first kappa shape index (κ1) is 22.8. The largest absolute Gasteiger partial charge is 0.392 e. The molecule has 0 aromatic rings. The number of aliphatic hydroxyl groups is 3. The maximum atomic E-state index is 11.1. The lowest BCUT2D eigenvalue weighted by molar-refractivity contribution is -0.132. The van der Waals surface area contributed by atoms with Crippen LogP contribution in [0.1, 0.15) is 92.4 Å². The molecule has 30 heavy (non-hydrogen) atoms. The van der Waals surface area contributed by atoms with E-state index in [0.717, 1.165) is 42.1 Å². The molecule has 0 aliphatic heterocycles. The van der Waals surface area contributed by atoms with Gasteiger partial charge in [-0.1, -0.05) is 60.0 Å². The first-order chi connectivity index (χ1) is 14.1. The summed E-state index contributed by atoms with van der Waals surface area (Å²) in [4.78, 5) is 0. The van der Waals surface area contributed by atoms with Crippen molar-refractivity contribution >= 4 is 0 Å². The second kappa shape index (κ2) is 8.19. The second-order valence-corrected chi connectivity index (χ2v) is 12.3. The van der Waals surface area contributed by atoms with E-state index in [-0.39, 0.29) is 5.41 Å². The molecule has 0 amide bonds. The molecule has 0 aromatic heterocycles. The van der Waals surface area contributed by atoms with Crippen molar-refractivity contribution in [3.63, 3.8) is 0 Å². The van der Waals surface area contributed by atoms with Crippen molar-refractivity contribution in [3.05, 3.63) is 11.6 Å². The highest BCUT2D eigenvalue weighted by Gasteiger charge is 2.62. The molecular weight excluding hydrogens is 372 g/mol. The van der Waals surface area contributed by atoms with Crippen molar-refractivity contribution in [3.8, 4) is 0 Å². The number of aliphatic hydroxyl groups excluding tert-OH is 3. The van der Waals surface area contributed by atoms with E-state index in [2.05, 4.69) is 40.7 Å². The first-order valence-electron chi connectivity index (χ1n) is 12.8.